The van der Waals surface area contributed by atoms with Crippen LogP contribution in [0.4, 0.5) is 19.0 Å². The molecule has 4 rings (SSSR count). The molecule has 9 heteroatoms. The van der Waals surface area contributed by atoms with Gasteiger partial charge in [-0.25, -0.2) is 9.50 Å². The molecule has 0 radical (unpaired) electrons. The second kappa shape index (κ2) is 8.08. The highest BCUT2D eigenvalue weighted by atomic mass is 19.4. The molecule has 1 aromatic carbocycles. The number of alkyl halides is 3. The molecule has 0 spiro atoms. The van der Waals surface area contributed by atoms with Crippen molar-refractivity contribution in [2.75, 3.05) is 18.4 Å². The Labute approximate surface area is 171 Å². The highest BCUT2D eigenvalue weighted by Crippen LogP contribution is 2.32. The number of hydrogen-bond acceptors (Lipinski definition) is 5. The molecule has 1 aliphatic rings. The van der Waals surface area contributed by atoms with Gasteiger partial charge >= 0.3 is 6.18 Å². The SMILES string of the molecule is C[C@@H](Nc1nc(CO)nn2cc(C3=CCNCC3)cc12)c1cccc(C(F)(F)F)c1. The first-order valence-electron chi connectivity index (χ1n) is 9.69. The fraction of sp³-hybridized carbons (Fsp3) is 0.333. The van der Waals surface area contributed by atoms with Gasteiger partial charge < -0.3 is 15.7 Å². The number of nitrogens with zero attached hydrogens (tertiary/aromatic N) is 3. The Morgan fingerprint density at radius 1 is 1.30 bits per heavy atom. The molecule has 3 heterocycles. The van der Waals surface area contributed by atoms with Crippen LogP contribution in [-0.4, -0.2) is 32.8 Å². The minimum Gasteiger partial charge on any atom is -0.388 e. The average molecular weight is 417 g/mol. The number of anilines is 1. The molecule has 3 aromatic rings. The number of aliphatic hydroxyl groups excluding tert-OH is 1. The number of aromatic nitrogens is 3. The second-order valence-electron chi connectivity index (χ2n) is 7.27. The van der Waals surface area contributed by atoms with E-state index in [1.807, 2.05) is 12.3 Å². The quantitative estimate of drug-likeness (QED) is 0.589. The summed E-state index contributed by atoms with van der Waals surface area (Å²) in [5, 5.41) is 20.3. The maximum Gasteiger partial charge on any atom is 0.416 e. The van der Waals surface area contributed by atoms with Gasteiger partial charge in [-0.05, 0) is 54.8 Å². The van der Waals surface area contributed by atoms with Crippen molar-refractivity contribution in [3.63, 3.8) is 0 Å². The molecule has 3 N–H and O–H groups in total. The van der Waals surface area contributed by atoms with Gasteiger partial charge in [0.05, 0.1) is 11.6 Å². The molecule has 0 aliphatic carbocycles. The Bertz CT molecular complexity index is 1090. The van der Waals surface area contributed by atoms with E-state index in [1.165, 1.54) is 11.6 Å². The molecule has 1 atom stereocenters. The van der Waals surface area contributed by atoms with E-state index in [0.717, 1.165) is 37.2 Å². The summed E-state index contributed by atoms with van der Waals surface area (Å²) >= 11 is 0. The number of fused-ring (bicyclic) bond motifs is 1. The molecule has 158 valence electrons. The zero-order valence-corrected chi connectivity index (χ0v) is 16.4. The summed E-state index contributed by atoms with van der Waals surface area (Å²) in [6, 6.07) is 6.74. The number of hydrogen-bond donors (Lipinski definition) is 3. The van der Waals surface area contributed by atoms with Crippen molar-refractivity contribution in [3.8, 4) is 0 Å². The number of halogens is 3. The van der Waals surface area contributed by atoms with Gasteiger partial charge in [-0.2, -0.15) is 18.3 Å². The molecule has 30 heavy (non-hydrogen) atoms. The van der Waals surface area contributed by atoms with Gasteiger partial charge in [0.2, 0.25) is 0 Å². The van der Waals surface area contributed by atoms with Crippen LogP contribution in [0.5, 0.6) is 0 Å². The van der Waals surface area contributed by atoms with E-state index in [0.29, 0.717) is 16.9 Å². The van der Waals surface area contributed by atoms with Crippen molar-refractivity contribution in [1.82, 2.24) is 19.9 Å². The summed E-state index contributed by atoms with van der Waals surface area (Å²) < 4.78 is 40.8. The summed E-state index contributed by atoms with van der Waals surface area (Å²) in [7, 11) is 0. The normalized spacial score (nSPS) is 15.8. The Morgan fingerprint density at radius 3 is 2.83 bits per heavy atom. The molecule has 1 aliphatic heterocycles. The number of rotatable bonds is 5. The summed E-state index contributed by atoms with van der Waals surface area (Å²) in [5.74, 6) is 0.683. The summed E-state index contributed by atoms with van der Waals surface area (Å²) in [6.45, 7) is 3.12. The molecular weight excluding hydrogens is 395 g/mol. The number of nitrogens with one attached hydrogen (secondary N) is 2. The van der Waals surface area contributed by atoms with Crippen molar-refractivity contribution < 1.29 is 18.3 Å². The molecule has 0 amide bonds. The zero-order chi connectivity index (χ0) is 21.3. The van der Waals surface area contributed by atoms with Crippen LogP contribution in [0, 0.1) is 0 Å². The molecule has 0 fully saturated rings. The van der Waals surface area contributed by atoms with Crippen LogP contribution in [0.2, 0.25) is 0 Å². The minimum absolute atomic E-state index is 0.225. The highest BCUT2D eigenvalue weighted by Gasteiger charge is 2.30. The fourth-order valence-electron chi connectivity index (χ4n) is 3.55. The molecule has 0 unspecified atom stereocenters. The van der Waals surface area contributed by atoms with Crippen LogP contribution in [0.3, 0.4) is 0 Å². The van der Waals surface area contributed by atoms with E-state index >= 15 is 0 Å². The minimum atomic E-state index is -4.40. The topological polar surface area (TPSA) is 74.5 Å². The van der Waals surface area contributed by atoms with Gasteiger partial charge in [0, 0.05) is 12.7 Å². The average Bonchev–Trinajstić information content (AvgIpc) is 3.18. The van der Waals surface area contributed by atoms with E-state index in [-0.39, 0.29) is 12.4 Å². The van der Waals surface area contributed by atoms with Crippen LogP contribution < -0.4 is 10.6 Å². The molecule has 0 saturated carbocycles. The first-order valence-corrected chi connectivity index (χ1v) is 9.69. The van der Waals surface area contributed by atoms with E-state index < -0.39 is 17.8 Å². The van der Waals surface area contributed by atoms with Crippen LogP contribution in [0.25, 0.3) is 11.1 Å². The van der Waals surface area contributed by atoms with Crippen molar-refractivity contribution in [1.29, 1.82) is 0 Å². The third-order valence-corrected chi connectivity index (χ3v) is 5.15. The Balaban J connectivity index is 1.69. The summed E-state index contributed by atoms with van der Waals surface area (Å²) in [5.41, 5.74) is 2.69. The van der Waals surface area contributed by atoms with Crippen LogP contribution in [0.15, 0.2) is 42.6 Å². The van der Waals surface area contributed by atoms with Crippen molar-refractivity contribution in [2.45, 2.75) is 32.2 Å². The largest absolute Gasteiger partial charge is 0.416 e. The molecular formula is C21H22F3N5O. The van der Waals surface area contributed by atoms with Crippen molar-refractivity contribution in [3.05, 3.63) is 65.1 Å². The lowest BCUT2D eigenvalue weighted by Gasteiger charge is -2.17. The third-order valence-electron chi connectivity index (χ3n) is 5.15. The van der Waals surface area contributed by atoms with Crippen molar-refractivity contribution in [2.24, 2.45) is 0 Å². The van der Waals surface area contributed by atoms with E-state index in [2.05, 4.69) is 26.8 Å². The number of aliphatic hydroxyl groups is 1. The van der Waals surface area contributed by atoms with Gasteiger partial charge in [0.15, 0.2) is 11.6 Å². The predicted octanol–water partition coefficient (Wildman–Crippen LogP) is 3.79. The third kappa shape index (κ3) is 4.17. The zero-order valence-electron chi connectivity index (χ0n) is 16.4. The standard InChI is InChI=1S/C21H22F3N5O/c1-13(15-3-2-4-17(9-15)21(22,23)24)26-20-18-10-16(14-5-7-25-8-6-14)11-29(18)28-19(12-30)27-20/h2-5,9-11,13,25,30H,6-8,12H2,1H3,(H,26,27,28)/t13-/m1/s1. The monoisotopic (exact) mass is 417 g/mol. The summed E-state index contributed by atoms with van der Waals surface area (Å²) in [4.78, 5) is 4.37. The Morgan fingerprint density at radius 2 is 2.13 bits per heavy atom. The van der Waals surface area contributed by atoms with E-state index in [1.54, 1.807) is 17.5 Å². The smallest absolute Gasteiger partial charge is 0.388 e. The lowest BCUT2D eigenvalue weighted by molar-refractivity contribution is -0.137. The first kappa shape index (κ1) is 20.4. The van der Waals surface area contributed by atoms with Crippen LogP contribution in [0.1, 0.15) is 41.9 Å². The Hall–Kier alpha value is -2.91. The predicted molar refractivity (Wildman–Crippen MR) is 108 cm³/mol. The molecule has 0 bridgehead atoms. The number of benzene rings is 1. The van der Waals surface area contributed by atoms with Crippen LogP contribution in [-0.2, 0) is 12.8 Å². The highest BCUT2D eigenvalue weighted by molar-refractivity contribution is 5.77. The van der Waals surface area contributed by atoms with E-state index in [9.17, 15) is 18.3 Å². The van der Waals surface area contributed by atoms with E-state index in [4.69, 9.17) is 0 Å². The van der Waals surface area contributed by atoms with Gasteiger partial charge in [0.1, 0.15) is 12.1 Å². The maximum absolute atomic E-state index is 13.1. The summed E-state index contributed by atoms with van der Waals surface area (Å²) in [6.07, 6.45) is 0.492. The van der Waals surface area contributed by atoms with Crippen LogP contribution >= 0.6 is 0 Å². The second-order valence-corrected chi connectivity index (χ2v) is 7.27. The van der Waals surface area contributed by atoms with Gasteiger partial charge in [-0.3, -0.25) is 0 Å². The lowest BCUT2D eigenvalue weighted by atomic mass is 10.0. The maximum atomic E-state index is 13.1. The fourth-order valence-corrected chi connectivity index (χ4v) is 3.55. The molecule has 0 saturated heterocycles. The van der Waals surface area contributed by atoms with Crippen molar-refractivity contribution >= 4 is 16.9 Å². The Kier molecular flexibility index (Phi) is 5.48. The molecule has 2 aromatic heterocycles. The van der Waals surface area contributed by atoms with Gasteiger partial charge in [-0.1, -0.05) is 18.2 Å². The van der Waals surface area contributed by atoms with Gasteiger partial charge in [0.25, 0.3) is 0 Å². The molecule has 6 nitrogen and oxygen atoms in total. The lowest BCUT2D eigenvalue weighted by Crippen LogP contribution is -2.19. The van der Waals surface area contributed by atoms with Gasteiger partial charge in [-0.15, -0.1) is 0 Å². The first-order chi connectivity index (χ1) is 14.3.